The van der Waals surface area contributed by atoms with E-state index in [1.54, 1.807) is 31.5 Å². The zero-order chi connectivity index (χ0) is 20.5. The van der Waals surface area contributed by atoms with Gasteiger partial charge in [-0.3, -0.25) is 15.2 Å². The zero-order valence-electron chi connectivity index (χ0n) is 15.1. The van der Waals surface area contributed by atoms with Crippen LogP contribution in [0.15, 0.2) is 47.5 Å². The smallest absolute Gasteiger partial charge is 0.270 e. The molecule has 0 radical (unpaired) electrons. The number of benzene rings is 2. The second kappa shape index (κ2) is 7.53. The van der Waals surface area contributed by atoms with Crippen LogP contribution in [0.3, 0.4) is 0 Å². The molecule has 9 heteroatoms. The summed E-state index contributed by atoms with van der Waals surface area (Å²) in [6.07, 6.45) is 3.45. The number of aromatic nitrogens is 1. The highest BCUT2D eigenvalue weighted by molar-refractivity contribution is 7.73. The lowest BCUT2D eigenvalue weighted by atomic mass is 10.1. The van der Waals surface area contributed by atoms with Crippen molar-refractivity contribution in [1.29, 1.82) is 0 Å². The number of ether oxygens (including phenoxy) is 1. The Labute approximate surface area is 174 Å². The molecule has 146 valence electrons. The van der Waals surface area contributed by atoms with E-state index in [1.807, 2.05) is 18.2 Å². The van der Waals surface area contributed by atoms with Gasteiger partial charge in [0.1, 0.15) is 11.5 Å². The first kappa shape index (κ1) is 18.9. The number of hydrogen-bond donors (Lipinski definition) is 3. The fourth-order valence-electron chi connectivity index (χ4n) is 2.84. The van der Waals surface area contributed by atoms with Gasteiger partial charge in [0.15, 0.2) is 3.95 Å². The number of fused-ring (bicyclic) bond motifs is 1. The van der Waals surface area contributed by atoms with Crippen molar-refractivity contribution in [2.24, 2.45) is 4.99 Å². The van der Waals surface area contributed by atoms with Crippen molar-refractivity contribution in [1.82, 2.24) is 4.68 Å². The lowest BCUT2D eigenvalue weighted by molar-refractivity contribution is 0.100. The molecule has 0 saturated carbocycles. The van der Waals surface area contributed by atoms with Crippen molar-refractivity contribution in [2.75, 3.05) is 12.5 Å². The summed E-state index contributed by atoms with van der Waals surface area (Å²) in [5, 5.41) is 20.1. The number of aromatic hydroxyl groups is 2. The fraction of sp³-hybridized carbons (Fsp3) is 0.0500. The van der Waals surface area contributed by atoms with Crippen LogP contribution in [-0.4, -0.2) is 34.1 Å². The van der Waals surface area contributed by atoms with E-state index in [4.69, 9.17) is 17.0 Å². The number of carbonyl (C=O) groups is 1. The van der Waals surface area contributed by atoms with Crippen molar-refractivity contribution < 1.29 is 19.7 Å². The SMILES string of the molecule is COc1ccc2c(c1)C(=Cc1sc(=S)n(NC(=O)c3cccc(O)c3)c1O)C=N2. The zero-order valence-corrected chi connectivity index (χ0v) is 16.8. The Kier molecular flexibility index (Phi) is 4.91. The number of phenols is 1. The molecule has 3 N–H and O–H groups in total. The van der Waals surface area contributed by atoms with Crippen LogP contribution in [0.25, 0.3) is 11.6 Å². The van der Waals surface area contributed by atoms with Crippen molar-refractivity contribution in [3.05, 3.63) is 62.4 Å². The monoisotopic (exact) mass is 425 g/mol. The minimum Gasteiger partial charge on any atom is -0.508 e. The lowest BCUT2D eigenvalue weighted by Gasteiger charge is -2.07. The first-order chi connectivity index (χ1) is 14.0. The number of phenolic OH excluding ortho intramolecular Hbond substituents is 1. The summed E-state index contributed by atoms with van der Waals surface area (Å²) in [6.45, 7) is 0. The molecule has 0 fully saturated rings. The van der Waals surface area contributed by atoms with Crippen LogP contribution >= 0.6 is 23.6 Å². The molecule has 1 aromatic heterocycles. The molecule has 2 aromatic carbocycles. The highest BCUT2D eigenvalue weighted by atomic mass is 32.1. The number of nitrogens with zero attached hydrogens (tertiary/aromatic N) is 2. The van der Waals surface area contributed by atoms with Crippen molar-refractivity contribution in [2.45, 2.75) is 0 Å². The number of thiazole rings is 1. The molecule has 4 rings (SSSR count). The average Bonchev–Trinajstić information content (AvgIpc) is 3.23. The maximum Gasteiger partial charge on any atom is 0.270 e. The van der Waals surface area contributed by atoms with Gasteiger partial charge in [-0.1, -0.05) is 17.4 Å². The number of aliphatic imine (C=N–C) groups is 1. The maximum atomic E-state index is 12.4. The second-order valence-electron chi connectivity index (χ2n) is 6.12. The van der Waals surface area contributed by atoms with E-state index in [0.717, 1.165) is 32.8 Å². The molecule has 0 aliphatic carbocycles. The summed E-state index contributed by atoms with van der Waals surface area (Å²) in [6, 6.07) is 11.4. The third-order valence-corrected chi connectivity index (χ3v) is 5.59. The van der Waals surface area contributed by atoms with Crippen molar-refractivity contribution in [3.8, 4) is 17.4 Å². The van der Waals surface area contributed by atoms with Gasteiger partial charge in [0.25, 0.3) is 5.91 Å². The molecule has 0 unspecified atom stereocenters. The molecule has 0 saturated heterocycles. The molecule has 0 spiro atoms. The summed E-state index contributed by atoms with van der Waals surface area (Å²) < 4.78 is 6.67. The Bertz CT molecular complexity index is 1240. The van der Waals surface area contributed by atoms with Gasteiger partial charge < -0.3 is 14.9 Å². The molecule has 3 aromatic rings. The summed E-state index contributed by atoms with van der Waals surface area (Å²) in [5.74, 6) is -0.0312. The molecule has 1 aliphatic heterocycles. The number of methoxy groups -OCH3 is 1. The quantitative estimate of drug-likeness (QED) is 0.541. The van der Waals surface area contributed by atoms with E-state index in [1.165, 1.54) is 12.1 Å². The van der Waals surface area contributed by atoms with E-state index >= 15 is 0 Å². The van der Waals surface area contributed by atoms with Crippen LogP contribution in [0, 0.1) is 3.95 Å². The van der Waals surface area contributed by atoms with Gasteiger partial charge in [-0.2, -0.15) is 4.68 Å². The van der Waals surface area contributed by atoms with Crippen LogP contribution in [0.2, 0.25) is 0 Å². The van der Waals surface area contributed by atoms with Crippen LogP contribution in [0.1, 0.15) is 20.8 Å². The van der Waals surface area contributed by atoms with E-state index in [9.17, 15) is 15.0 Å². The molecule has 29 heavy (non-hydrogen) atoms. The molecular weight excluding hydrogens is 410 g/mol. The van der Waals surface area contributed by atoms with Gasteiger partial charge in [0.2, 0.25) is 5.88 Å². The number of hydrogen-bond acceptors (Lipinski definition) is 7. The molecule has 0 bridgehead atoms. The predicted molar refractivity (Wildman–Crippen MR) is 116 cm³/mol. The summed E-state index contributed by atoms with van der Waals surface area (Å²) >= 11 is 6.43. The Balaban J connectivity index is 1.66. The summed E-state index contributed by atoms with van der Waals surface area (Å²) in [5.41, 5.74) is 5.25. The number of rotatable bonds is 4. The summed E-state index contributed by atoms with van der Waals surface area (Å²) in [7, 11) is 1.59. The Morgan fingerprint density at radius 3 is 2.86 bits per heavy atom. The van der Waals surface area contributed by atoms with Gasteiger partial charge in [-0.05, 0) is 54.7 Å². The number of allylic oxidation sites excluding steroid dienone is 1. The van der Waals surface area contributed by atoms with Gasteiger partial charge in [-0.15, -0.1) is 0 Å². The lowest BCUT2D eigenvalue weighted by Crippen LogP contribution is -2.22. The van der Waals surface area contributed by atoms with Crippen molar-refractivity contribution in [3.63, 3.8) is 0 Å². The minimum atomic E-state index is -0.512. The Morgan fingerprint density at radius 2 is 2.10 bits per heavy atom. The van der Waals surface area contributed by atoms with Gasteiger partial charge in [0, 0.05) is 22.9 Å². The highest BCUT2D eigenvalue weighted by Gasteiger charge is 2.18. The number of carbonyl (C=O) groups excluding carboxylic acids is 1. The Hall–Kier alpha value is -3.43. The van der Waals surface area contributed by atoms with Gasteiger partial charge in [0.05, 0.1) is 17.7 Å². The minimum absolute atomic E-state index is 0.0316. The normalized spacial score (nSPS) is 13.5. The largest absolute Gasteiger partial charge is 0.508 e. The molecule has 1 aliphatic rings. The third kappa shape index (κ3) is 3.65. The maximum absolute atomic E-state index is 12.4. The van der Waals surface area contributed by atoms with Gasteiger partial charge in [-0.25, -0.2) is 0 Å². The van der Waals surface area contributed by atoms with Crippen molar-refractivity contribution >= 4 is 53.0 Å². The molecule has 1 amide bonds. The van der Waals surface area contributed by atoms with E-state index in [2.05, 4.69) is 10.4 Å². The summed E-state index contributed by atoms with van der Waals surface area (Å²) in [4.78, 5) is 17.2. The fourth-order valence-corrected chi connectivity index (χ4v) is 4.02. The second-order valence-corrected chi connectivity index (χ2v) is 7.80. The first-order valence-corrected chi connectivity index (χ1v) is 9.68. The molecule has 2 heterocycles. The van der Waals surface area contributed by atoms with Crippen LogP contribution in [0.4, 0.5) is 5.69 Å². The van der Waals surface area contributed by atoms with E-state index in [-0.39, 0.29) is 21.1 Å². The average molecular weight is 425 g/mol. The topological polar surface area (TPSA) is 96.1 Å². The van der Waals surface area contributed by atoms with Crippen LogP contribution < -0.4 is 10.2 Å². The van der Waals surface area contributed by atoms with Crippen LogP contribution in [0.5, 0.6) is 17.4 Å². The number of nitrogens with one attached hydrogen (secondary N) is 1. The molecule has 7 nitrogen and oxygen atoms in total. The highest BCUT2D eigenvalue weighted by Crippen LogP contribution is 2.37. The first-order valence-electron chi connectivity index (χ1n) is 8.45. The predicted octanol–water partition coefficient (Wildman–Crippen LogP) is 4.34. The molecular formula is C20H15N3O4S2. The van der Waals surface area contributed by atoms with E-state index in [0.29, 0.717) is 10.6 Å². The third-order valence-electron chi connectivity index (χ3n) is 4.28. The molecule has 0 atom stereocenters. The van der Waals surface area contributed by atoms with E-state index < -0.39 is 5.91 Å². The standard InChI is InChI=1S/C20H15N3O4S2/c1-27-14-5-6-16-15(9-14)12(10-21-16)8-17-19(26)23(20(28)29-17)22-18(25)11-3-2-4-13(24)7-11/h2-10,24,26H,1H3,(H,22,25). The van der Waals surface area contributed by atoms with Crippen LogP contribution in [-0.2, 0) is 0 Å². The Morgan fingerprint density at radius 1 is 1.28 bits per heavy atom. The van der Waals surface area contributed by atoms with Gasteiger partial charge >= 0.3 is 0 Å². The number of amides is 1.